The van der Waals surface area contributed by atoms with E-state index < -0.39 is 10.0 Å². The highest BCUT2D eigenvalue weighted by Crippen LogP contribution is 1.94. The van der Waals surface area contributed by atoms with Crippen molar-refractivity contribution >= 4 is 10.0 Å². The first-order chi connectivity index (χ1) is 7.98. The van der Waals surface area contributed by atoms with Gasteiger partial charge in [-0.2, -0.15) is 0 Å². The molecule has 0 atom stereocenters. The summed E-state index contributed by atoms with van der Waals surface area (Å²) in [6.45, 7) is 8.31. The fourth-order valence-corrected chi connectivity index (χ4v) is 2.42. The molecule has 0 bridgehead atoms. The molecule has 0 saturated heterocycles. The van der Waals surface area contributed by atoms with Crippen LogP contribution in [0.3, 0.4) is 0 Å². The van der Waals surface area contributed by atoms with E-state index in [1.165, 1.54) is 0 Å². The Bertz CT molecular complexity index is 266. The van der Waals surface area contributed by atoms with Crippen LogP contribution < -0.4 is 10.0 Å². The van der Waals surface area contributed by atoms with E-state index >= 15 is 0 Å². The van der Waals surface area contributed by atoms with Crippen LogP contribution in [0.2, 0.25) is 0 Å². The van der Waals surface area contributed by atoms with E-state index in [2.05, 4.69) is 23.9 Å². The highest BCUT2D eigenvalue weighted by molar-refractivity contribution is 7.89. The van der Waals surface area contributed by atoms with Gasteiger partial charge in [0.1, 0.15) is 0 Å². The lowest BCUT2D eigenvalue weighted by atomic mass is 10.3. The minimum absolute atomic E-state index is 0.193. The largest absolute Gasteiger partial charge is 0.380 e. The zero-order valence-electron chi connectivity index (χ0n) is 11.2. The van der Waals surface area contributed by atoms with E-state index in [0.717, 1.165) is 13.0 Å². The van der Waals surface area contributed by atoms with Gasteiger partial charge in [-0.1, -0.05) is 13.8 Å². The van der Waals surface area contributed by atoms with E-state index in [9.17, 15) is 8.42 Å². The van der Waals surface area contributed by atoms with Crippen molar-refractivity contribution in [3.05, 3.63) is 0 Å². The van der Waals surface area contributed by atoms with Gasteiger partial charge in [-0.3, -0.25) is 0 Å². The van der Waals surface area contributed by atoms with Crippen molar-refractivity contribution in [2.45, 2.75) is 39.7 Å². The number of hydrogen-bond acceptors (Lipinski definition) is 4. The lowest BCUT2D eigenvalue weighted by Crippen LogP contribution is -2.30. The predicted molar refractivity (Wildman–Crippen MR) is 70.7 cm³/mol. The minimum Gasteiger partial charge on any atom is -0.380 e. The van der Waals surface area contributed by atoms with Gasteiger partial charge in [0, 0.05) is 19.2 Å². The number of ether oxygens (including phenoxy) is 1. The molecule has 0 aromatic heterocycles. The SMILES string of the molecule is CCOCCNS(=O)(=O)CCCCNC(C)C. The van der Waals surface area contributed by atoms with Gasteiger partial charge in [0.2, 0.25) is 10.0 Å². The fraction of sp³-hybridized carbons (Fsp3) is 1.00. The molecular weight excluding hydrogens is 240 g/mol. The van der Waals surface area contributed by atoms with Crippen molar-refractivity contribution in [1.82, 2.24) is 10.0 Å². The highest BCUT2D eigenvalue weighted by atomic mass is 32.2. The summed E-state index contributed by atoms with van der Waals surface area (Å²) in [6, 6.07) is 0.455. The van der Waals surface area contributed by atoms with Crippen LogP contribution in [0.1, 0.15) is 33.6 Å². The van der Waals surface area contributed by atoms with Gasteiger partial charge in [-0.05, 0) is 26.3 Å². The van der Waals surface area contributed by atoms with Crippen molar-refractivity contribution in [3.8, 4) is 0 Å². The molecule has 0 unspecified atom stereocenters. The zero-order valence-corrected chi connectivity index (χ0v) is 12.0. The van der Waals surface area contributed by atoms with Crippen molar-refractivity contribution in [2.75, 3.05) is 32.1 Å². The second-order valence-corrected chi connectivity index (χ2v) is 6.15. The molecule has 0 fully saturated rings. The molecule has 0 aliphatic heterocycles. The third-order valence-corrected chi connectivity index (χ3v) is 3.64. The molecule has 0 rings (SSSR count). The Labute approximate surface area is 105 Å². The van der Waals surface area contributed by atoms with Crippen LogP contribution in [-0.2, 0) is 14.8 Å². The van der Waals surface area contributed by atoms with Gasteiger partial charge in [0.05, 0.1) is 12.4 Å². The van der Waals surface area contributed by atoms with Crippen molar-refractivity contribution < 1.29 is 13.2 Å². The molecule has 0 heterocycles. The first-order valence-corrected chi connectivity index (χ1v) is 7.91. The maximum Gasteiger partial charge on any atom is 0.211 e. The van der Waals surface area contributed by atoms with Crippen LogP contribution in [0.15, 0.2) is 0 Å². The Morgan fingerprint density at radius 1 is 1.18 bits per heavy atom. The molecule has 104 valence electrons. The Kier molecular flexibility index (Phi) is 9.72. The van der Waals surface area contributed by atoms with E-state index in [-0.39, 0.29) is 5.75 Å². The summed E-state index contributed by atoms with van der Waals surface area (Å²) in [4.78, 5) is 0. The molecule has 0 aliphatic rings. The van der Waals surface area contributed by atoms with E-state index in [4.69, 9.17) is 4.74 Å². The highest BCUT2D eigenvalue weighted by Gasteiger charge is 2.08. The summed E-state index contributed by atoms with van der Waals surface area (Å²) in [7, 11) is -3.12. The van der Waals surface area contributed by atoms with E-state index in [0.29, 0.717) is 32.2 Å². The normalized spacial score (nSPS) is 12.2. The third-order valence-electron chi connectivity index (χ3n) is 2.16. The number of sulfonamides is 1. The quantitative estimate of drug-likeness (QED) is 0.541. The fourth-order valence-electron chi connectivity index (χ4n) is 1.29. The molecule has 2 N–H and O–H groups in total. The summed E-state index contributed by atoms with van der Waals surface area (Å²) in [5.41, 5.74) is 0. The van der Waals surface area contributed by atoms with Gasteiger partial charge in [-0.15, -0.1) is 0 Å². The van der Waals surface area contributed by atoms with Crippen molar-refractivity contribution in [2.24, 2.45) is 0 Å². The number of hydrogen-bond donors (Lipinski definition) is 2. The van der Waals surface area contributed by atoms with Crippen LogP contribution in [0.25, 0.3) is 0 Å². The first kappa shape index (κ1) is 16.8. The molecule has 0 spiro atoms. The molecule has 6 heteroatoms. The minimum atomic E-state index is -3.12. The van der Waals surface area contributed by atoms with Crippen LogP contribution in [0.5, 0.6) is 0 Å². The van der Waals surface area contributed by atoms with Crippen LogP contribution >= 0.6 is 0 Å². The molecule has 0 aromatic carbocycles. The smallest absolute Gasteiger partial charge is 0.211 e. The van der Waals surface area contributed by atoms with Crippen LogP contribution in [0, 0.1) is 0 Å². The third kappa shape index (κ3) is 12.1. The summed E-state index contributed by atoms with van der Waals surface area (Å²) in [5, 5.41) is 3.26. The second-order valence-electron chi connectivity index (χ2n) is 4.23. The standard InChI is InChI=1S/C11H26N2O3S/c1-4-16-9-8-13-17(14,15)10-6-5-7-12-11(2)3/h11-13H,4-10H2,1-3H3. The maximum absolute atomic E-state index is 11.5. The lowest BCUT2D eigenvalue weighted by Gasteiger charge is -2.08. The van der Waals surface area contributed by atoms with E-state index in [1.807, 2.05) is 6.92 Å². The Morgan fingerprint density at radius 3 is 2.47 bits per heavy atom. The summed E-state index contributed by atoms with van der Waals surface area (Å²) < 4.78 is 30.6. The molecule has 17 heavy (non-hydrogen) atoms. The maximum atomic E-state index is 11.5. The van der Waals surface area contributed by atoms with Crippen LogP contribution in [0.4, 0.5) is 0 Å². The van der Waals surface area contributed by atoms with E-state index in [1.54, 1.807) is 0 Å². The molecule has 0 saturated carbocycles. The van der Waals surface area contributed by atoms with Gasteiger partial charge >= 0.3 is 0 Å². The average molecular weight is 266 g/mol. The summed E-state index contributed by atoms with van der Waals surface area (Å²) in [5.74, 6) is 0.193. The van der Waals surface area contributed by atoms with Gasteiger partial charge in [0.25, 0.3) is 0 Å². The van der Waals surface area contributed by atoms with Crippen LogP contribution in [-0.4, -0.2) is 46.5 Å². The molecule has 5 nitrogen and oxygen atoms in total. The van der Waals surface area contributed by atoms with Crippen molar-refractivity contribution in [3.63, 3.8) is 0 Å². The number of nitrogens with one attached hydrogen (secondary N) is 2. The second kappa shape index (κ2) is 9.82. The Balaban J connectivity index is 3.51. The number of unbranched alkanes of at least 4 members (excludes halogenated alkanes) is 1. The molecule has 0 aromatic rings. The number of rotatable bonds is 11. The predicted octanol–water partition coefficient (Wildman–Crippen LogP) is 0.721. The molecule has 0 amide bonds. The molecule has 0 radical (unpaired) electrons. The van der Waals surface area contributed by atoms with Gasteiger partial charge in [-0.25, -0.2) is 13.1 Å². The van der Waals surface area contributed by atoms with Crippen molar-refractivity contribution in [1.29, 1.82) is 0 Å². The monoisotopic (exact) mass is 266 g/mol. The summed E-state index contributed by atoms with van der Waals surface area (Å²) in [6.07, 6.45) is 1.56. The molecular formula is C11H26N2O3S. The molecule has 0 aliphatic carbocycles. The zero-order chi connectivity index (χ0) is 13.1. The van der Waals surface area contributed by atoms with Gasteiger partial charge in [0.15, 0.2) is 0 Å². The first-order valence-electron chi connectivity index (χ1n) is 6.26. The van der Waals surface area contributed by atoms with Gasteiger partial charge < -0.3 is 10.1 Å². The average Bonchev–Trinajstić information content (AvgIpc) is 2.23. The summed E-state index contributed by atoms with van der Waals surface area (Å²) >= 11 is 0. The Morgan fingerprint density at radius 2 is 1.88 bits per heavy atom. The topological polar surface area (TPSA) is 67.4 Å². The Hall–Kier alpha value is -0.170. The lowest BCUT2D eigenvalue weighted by molar-refractivity contribution is 0.153.